The van der Waals surface area contributed by atoms with E-state index in [1.165, 1.54) is 0 Å². The summed E-state index contributed by atoms with van der Waals surface area (Å²) < 4.78 is 0. The Balaban J connectivity index is 2.85. The zero-order valence-electron chi connectivity index (χ0n) is 6.18. The average Bonchev–Trinajstić information content (AvgIpc) is 2.05. The van der Waals surface area contributed by atoms with Crippen LogP contribution in [0.15, 0.2) is 36.3 Å². The Hall–Kier alpha value is -0.105. The van der Waals surface area contributed by atoms with Gasteiger partial charge in [-0.3, -0.25) is 0 Å². The molecule has 0 saturated heterocycles. The van der Waals surface area contributed by atoms with E-state index >= 15 is 0 Å². The maximum absolute atomic E-state index is 5.89. The molecule has 0 nitrogen and oxygen atoms in total. The van der Waals surface area contributed by atoms with Crippen LogP contribution in [0.3, 0.4) is 0 Å². The molecule has 0 N–H and O–H groups in total. The fraction of sp³-hybridized carbons (Fsp3) is 0. The molecule has 62 valence electrons. The minimum absolute atomic E-state index is 0.558. The van der Waals surface area contributed by atoms with Crippen molar-refractivity contribution in [2.45, 2.75) is 0 Å². The van der Waals surface area contributed by atoms with Gasteiger partial charge in [-0.25, -0.2) is 0 Å². The predicted octanol–water partition coefficient (Wildman–Crippen LogP) is 3.77. The lowest BCUT2D eigenvalue weighted by Crippen LogP contribution is -1.86. The van der Waals surface area contributed by atoms with Crippen molar-refractivity contribution in [1.29, 1.82) is 0 Å². The van der Waals surface area contributed by atoms with Crippen LogP contribution in [-0.2, 0) is 0 Å². The topological polar surface area (TPSA) is 0 Å². The summed E-state index contributed by atoms with van der Waals surface area (Å²) in [5.74, 6) is 1.58. The number of hydrogen-bond acceptors (Lipinski definition) is 0. The predicted molar refractivity (Wildman–Crippen MR) is 57.7 cm³/mol. The Morgan fingerprint density at radius 1 is 1.17 bits per heavy atom. The first-order valence-corrected chi connectivity index (χ1v) is 4.66. The highest BCUT2D eigenvalue weighted by molar-refractivity contribution is 7.36. The Morgan fingerprint density at radius 3 is 2.25 bits per heavy atom. The minimum Gasteiger partial charge on any atom is -0.165 e. The van der Waals surface area contributed by atoms with Crippen molar-refractivity contribution in [3.63, 3.8) is 0 Å². The van der Waals surface area contributed by atoms with Gasteiger partial charge in [0.15, 0.2) is 0 Å². The molecule has 1 rings (SSSR count). The molecule has 0 aliphatic rings. The molecule has 4 heteroatoms. The lowest BCUT2D eigenvalue weighted by molar-refractivity contribution is 1.65. The second kappa shape index (κ2) is 4.81. The van der Waals surface area contributed by atoms with Crippen LogP contribution in [0.5, 0.6) is 0 Å². The first-order chi connectivity index (χ1) is 5.70. The molecule has 0 amide bonds. The molecule has 1 aromatic rings. The van der Waals surface area contributed by atoms with Gasteiger partial charge in [0.1, 0.15) is 0 Å². The van der Waals surface area contributed by atoms with Gasteiger partial charge in [-0.15, -0.1) is 0 Å². The smallest absolute Gasteiger partial charge is 0.165 e. The number of benzene rings is 1. The van der Waals surface area contributed by atoms with E-state index in [1.54, 1.807) is 5.98 Å². The van der Waals surface area contributed by atoms with Gasteiger partial charge >= 0.3 is 5.54 Å². The van der Waals surface area contributed by atoms with Crippen LogP contribution in [0.1, 0.15) is 5.56 Å². The van der Waals surface area contributed by atoms with Gasteiger partial charge in [0, 0.05) is 5.03 Å². The van der Waals surface area contributed by atoms with E-state index in [1.807, 2.05) is 30.3 Å². The molecule has 0 saturated carbocycles. The minimum atomic E-state index is -0.558. The molecule has 0 aliphatic heterocycles. The maximum Gasteiger partial charge on any atom is 0.377 e. The van der Waals surface area contributed by atoms with Crippen LogP contribution < -0.4 is 0 Å². The number of hydrogen-bond donors (Lipinski definition) is 0. The van der Waals surface area contributed by atoms with Gasteiger partial charge in [-0.05, 0) is 5.56 Å². The molecule has 0 aliphatic carbocycles. The quantitative estimate of drug-likeness (QED) is 0.664. The lowest BCUT2D eigenvalue weighted by Gasteiger charge is -1.97. The highest BCUT2D eigenvalue weighted by atomic mass is 35.5. The summed E-state index contributed by atoms with van der Waals surface area (Å²) in [5, 5.41) is 0.575. The van der Waals surface area contributed by atoms with Gasteiger partial charge < -0.3 is 0 Å². The van der Waals surface area contributed by atoms with Crippen molar-refractivity contribution >= 4 is 45.1 Å². The van der Waals surface area contributed by atoms with E-state index in [-0.39, 0.29) is 0 Å². The summed E-state index contributed by atoms with van der Waals surface area (Å²) in [6.45, 7) is 0. The second-order valence-corrected chi connectivity index (χ2v) is 3.79. The molecule has 1 aromatic carbocycles. The number of rotatable bonds is 2. The van der Waals surface area contributed by atoms with Crippen LogP contribution in [0.4, 0.5) is 0 Å². The Kier molecular flexibility index (Phi) is 4.00. The fourth-order valence-corrected chi connectivity index (χ4v) is 1.44. The summed E-state index contributed by atoms with van der Waals surface area (Å²) in [7, 11) is 0. The van der Waals surface area contributed by atoms with Gasteiger partial charge in [0.2, 0.25) is 0 Å². The third-order valence-corrected chi connectivity index (χ3v) is 1.92. The van der Waals surface area contributed by atoms with E-state index in [4.69, 9.17) is 34.5 Å². The molecule has 0 unspecified atom stereocenters. The van der Waals surface area contributed by atoms with Gasteiger partial charge in [-0.1, -0.05) is 47.9 Å². The molecule has 0 atom stereocenters. The van der Waals surface area contributed by atoms with E-state index in [9.17, 15) is 0 Å². The molecule has 0 aromatic heterocycles. The Bertz CT molecular complexity index is 269. The third kappa shape index (κ3) is 3.10. The largest absolute Gasteiger partial charge is 0.377 e. The van der Waals surface area contributed by atoms with Crippen LogP contribution in [0.2, 0.25) is 0 Å². The van der Waals surface area contributed by atoms with Gasteiger partial charge in [-0.2, -0.15) is 22.9 Å². The lowest BCUT2D eigenvalue weighted by atomic mass is 10.0. The van der Waals surface area contributed by atoms with Crippen LogP contribution in [0.25, 0.3) is 5.03 Å². The molecule has 0 radical (unpaired) electrons. The highest BCUT2D eigenvalue weighted by Gasteiger charge is 2.03. The van der Waals surface area contributed by atoms with Crippen molar-refractivity contribution in [3.05, 3.63) is 41.9 Å². The molecule has 0 bridgehead atoms. The first kappa shape index (κ1) is 9.98. The standard InChI is InChI=1S/C8H6BCl3/c10-8(6-9(11)12)7-4-2-1-3-5-7/h1-6H/b8-6+. The first-order valence-electron chi connectivity index (χ1n) is 3.41. The average molecular weight is 219 g/mol. The van der Waals surface area contributed by atoms with Crippen molar-refractivity contribution in [1.82, 2.24) is 0 Å². The van der Waals surface area contributed by atoms with Crippen molar-refractivity contribution < 1.29 is 0 Å². The van der Waals surface area contributed by atoms with E-state index < -0.39 is 5.54 Å². The van der Waals surface area contributed by atoms with Crippen molar-refractivity contribution in [2.75, 3.05) is 0 Å². The normalized spacial score (nSPS) is 11.4. The van der Waals surface area contributed by atoms with Gasteiger partial charge in [0.05, 0.1) is 0 Å². The summed E-state index contributed by atoms with van der Waals surface area (Å²) in [6, 6.07) is 9.53. The molecular weight excluding hydrogens is 213 g/mol. The summed E-state index contributed by atoms with van der Waals surface area (Å²) in [6.07, 6.45) is 0. The zero-order valence-corrected chi connectivity index (χ0v) is 8.44. The van der Waals surface area contributed by atoms with Crippen molar-refractivity contribution in [3.8, 4) is 0 Å². The van der Waals surface area contributed by atoms with Gasteiger partial charge in [0.25, 0.3) is 0 Å². The molecule has 0 spiro atoms. The van der Waals surface area contributed by atoms with E-state index in [0.717, 1.165) is 5.56 Å². The third-order valence-electron chi connectivity index (χ3n) is 1.32. The zero-order chi connectivity index (χ0) is 8.97. The van der Waals surface area contributed by atoms with Crippen LogP contribution in [-0.4, -0.2) is 5.54 Å². The Labute approximate surface area is 87.0 Å². The monoisotopic (exact) mass is 218 g/mol. The van der Waals surface area contributed by atoms with E-state index in [0.29, 0.717) is 5.03 Å². The summed E-state index contributed by atoms with van der Waals surface area (Å²) in [4.78, 5) is 0. The highest BCUT2D eigenvalue weighted by Crippen LogP contribution is 2.19. The van der Waals surface area contributed by atoms with E-state index in [2.05, 4.69) is 0 Å². The summed E-state index contributed by atoms with van der Waals surface area (Å²) in [5.41, 5.74) is 0.364. The Morgan fingerprint density at radius 2 is 1.75 bits per heavy atom. The van der Waals surface area contributed by atoms with Crippen LogP contribution >= 0.6 is 34.5 Å². The molecule has 0 fully saturated rings. The van der Waals surface area contributed by atoms with Crippen LogP contribution in [0, 0.1) is 0 Å². The molecular formula is C8H6BCl3. The molecule has 12 heavy (non-hydrogen) atoms. The maximum atomic E-state index is 5.89. The second-order valence-electron chi connectivity index (χ2n) is 2.22. The summed E-state index contributed by atoms with van der Waals surface area (Å²) >= 11 is 16.9. The van der Waals surface area contributed by atoms with Crippen molar-refractivity contribution in [2.24, 2.45) is 0 Å². The SMILES string of the molecule is ClB(Cl)/C=C(/Cl)c1ccccc1. The number of halogens is 3. The fourth-order valence-electron chi connectivity index (χ4n) is 0.804. The molecule has 0 heterocycles.